The summed E-state index contributed by atoms with van der Waals surface area (Å²) in [5.74, 6) is 2.55. The third-order valence-corrected chi connectivity index (χ3v) is 5.71. The molecule has 15 heavy (non-hydrogen) atoms. The predicted molar refractivity (Wildman–Crippen MR) is 72.5 cm³/mol. The van der Waals surface area contributed by atoms with E-state index in [-0.39, 0.29) is 0 Å². The Morgan fingerprint density at radius 1 is 1.07 bits per heavy atom. The lowest BCUT2D eigenvalue weighted by Crippen LogP contribution is -2.37. The molecule has 90 valence electrons. The van der Waals surface area contributed by atoms with E-state index in [9.17, 15) is 0 Å². The molecule has 0 aromatic carbocycles. The predicted octanol–water partition coefficient (Wildman–Crippen LogP) is 5.26. The first-order valence-corrected chi connectivity index (χ1v) is 7.39. The molecule has 0 N–H and O–H groups in total. The highest BCUT2D eigenvalue weighted by atomic mass is 79.9. The van der Waals surface area contributed by atoms with Crippen molar-refractivity contribution in [3.63, 3.8) is 0 Å². The Labute approximate surface area is 104 Å². The van der Waals surface area contributed by atoms with Gasteiger partial charge in [0.25, 0.3) is 0 Å². The summed E-state index contributed by atoms with van der Waals surface area (Å²) in [4.78, 5) is 0.710. The molecule has 1 rings (SSSR count). The molecule has 3 atom stereocenters. The van der Waals surface area contributed by atoms with Crippen LogP contribution < -0.4 is 0 Å². The van der Waals surface area contributed by atoms with Crippen molar-refractivity contribution < 1.29 is 0 Å². The van der Waals surface area contributed by atoms with E-state index in [0.29, 0.717) is 10.2 Å². The Balaban J connectivity index is 2.74. The SMILES string of the molecule is CC(C)C(Br)C1CCCCC1C(C)(C)C. The Kier molecular flexibility index (Phi) is 4.70. The fourth-order valence-electron chi connectivity index (χ4n) is 3.11. The zero-order valence-corrected chi connectivity index (χ0v) is 12.6. The lowest BCUT2D eigenvalue weighted by Gasteiger charge is -2.43. The van der Waals surface area contributed by atoms with Crippen molar-refractivity contribution in [1.29, 1.82) is 0 Å². The van der Waals surface area contributed by atoms with Gasteiger partial charge in [0.15, 0.2) is 0 Å². The van der Waals surface area contributed by atoms with Crippen LogP contribution in [-0.4, -0.2) is 4.83 Å². The van der Waals surface area contributed by atoms with E-state index < -0.39 is 0 Å². The monoisotopic (exact) mass is 274 g/mol. The molecule has 1 saturated carbocycles. The number of alkyl halides is 1. The minimum atomic E-state index is 0.478. The molecule has 1 fully saturated rings. The summed E-state index contributed by atoms with van der Waals surface area (Å²) in [6.45, 7) is 11.9. The third-order valence-electron chi connectivity index (χ3n) is 3.98. The van der Waals surface area contributed by atoms with Crippen LogP contribution in [0.4, 0.5) is 0 Å². The summed E-state index contributed by atoms with van der Waals surface area (Å²) in [5.41, 5.74) is 0.478. The van der Waals surface area contributed by atoms with Gasteiger partial charge in [0.1, 0.15) is 0 Å². The van der Waals surface area contributed by atoms with Crippen LogP contribution >= 0.6 is 15.9 Å². The molecular formula is C14H27Br. The molecular weight excluding hydrogens is 248 g/mol. The average molecular weight is 275 g/mol. The first-order valence-electron chi connectivity index (χ1n) is 6.48. The molecule has 1 aliphatic rings. The molecule has 0 nitrogen and oxygen atoms in total. The molecule has 0 aliphatic heterocycles. The molecule has 3 unspecified atom stereocenters. The van der Waals surface area contributed by atoms with Gasteiger partial charge < -0.3 is 0 Å². The van der Waals surface area contributed by atoms with Gasteiger partial charge in [0, 0.05) is 4.83 Å². The lowest BCUT2D eigenvalue weighted by atomic mass is 9.64. The Hall–Kier alpha value is 0.480. The van der Waals surface area contributed by atoms with Gasteiger partial charge in [-0.25, -0.2) is 0 Å². The Morgan fingerprint density at radius 3 is 2.07 bits per heavy atom. The van der Waals surface area contributed by atoms with E-state index in [0.717, 1.165) is 17.8 Å². The number of hydrogen-bond acceptors (Lipinski definition) is 0. The summed E-state index contributed by atoms with van der Waals surface area (Å²) in [6.07, 6.45) is 5.74. The van der Waals surface area contributed by atoms with Crippen molar-refractivity contribution in [3.05, 3.63) is 0 Å². The summed E-state index contributed by atoms with van der Waals surface area (Å²) in [7, 11) is 0. The van der Waals surface area contributed by atoms with Crippen LogP contribution in [0.3, 0.4) is 0 Å². The molecule has 0 aromatic rings. The van der Waals surface area contributed by atoms with Crippen LogP contribution in [0.5, 0.6) is 0 Å². The van der Waals surface area contributed by atoms with Gasteiger partial charge in [-0.15, -0.1) is 0 Å². The summed E-state index contributed by atoms with van der Waals surface area (Å²) >= 11 is 3.94. The van der Waals surface area contributed by atoms with Gasteiger partial charge in [0.05, 0.1) is 0 Å². The van der Waals surface area contributed by atoms with Gasteiger partial charge in [-0.2, -0.15) is 0 Å². The maximum atomic E-state index is 3.94. The minimum Gasteiger partial charge on any atom is -0.0885 e. The van der Waals surface area contributed by atoms with Crippen LogP contribution in [0.25, 0.3) is 0 Å². The van der Waals surface area contributed by atoms with Crippen molar-refractivity contribution in [2.45, 2.75) is 65.1 Å². The van der Waals surface area contributed by atoms with E-state index in [1.807, 2.05) is 0 Å². The highest BCUT2D eigenvalue weighted by Crippen LogP contribution is 2.46. The normalized spacial score (nSPS) is 30.6. The van der Waals surface area contributed by atoms with Crippen molar-refractivity contribution in [2.75, 3.05) is 0 Å². The van der Waals surface area contributed by atoms with Gasteiger partial charge in [-0.05, 0) is 36.0 Å². The largest absolute Gasteiger partial charge is 0.0885 e. The summed E-state index contributed by atoms with van der Waals surface area (Å²) in [6, 6.07) is 0. The summed E-state index contributed by atoms with van der Waals surface area (Å²) < 4.78 is 0. The minimum absolute atomic E-state index is 0.478. The first-order chi connectivity index (χ1) is 6.84. The fraction of sp³-hybridized carbons (Fsp3) is 1.00. The second-order valence-corrected chi connectivity index (χ2v) is 7.67. The lowest BCUT2D eigenvalue weighted by molar-refractivity contribution is 0.0987. The van der Waals surface area contributed by atoms with Gasteiger partial charge in [-0.3, -0.25) is 0 Å². The van der Waals surface area contributed by atoms with Crippen LogP contribution in [0.1, 0.15) is 60.3 Å². The van der Waals surface area contributed by atoms with Crippen LogP contribution in [0.2, 0.25) is 0 Å². The molecule has 0 spiro atoms. The van der Waals surface area contributed by atoms with Crippen LogP contribution in [0, 0.1) is 23.2 Å². The smallest absolute Gasteiger partial charge is 0.0199 e. The number of halogens is 1. The number of hydrogen-bond donors (Lipinski definition) is 0. The second-order valence-electron chi connectivity index (χ2n) is 6.61. The van der Waals surface area contributed by atoms with E-state index in [1.54, 1.807) is 0 Å². The van der Waals surface area contributed by atoms with Gasteiger partial charge in [0.2, 0.25) is 0 Å². The topological polar surface area (TPSA) is 0 Å². The number of rotatable bonds is 2. The highest BCUT2D eigenvalue weighted by molar-refractivity contribution is 9.09. The molecule has 0 amide bonds. The van der Waals surface area contributed by atoms with Crippen LogP contribution in [-0.2, 0) is 0 Å². The third kappa shape index (κ3) is 3.47. The average Bonchev–Trinajstić information content (AvgIpc) is 2.15. The van der Waals surface area contributed by atoms with Crippen LogP contribution in [0.15, 0.2) is 0 Å². The molecule has 0 heterocycles. The zero-order chi connectivity index (χ0) is 11.6. The van der Waals surface area contributed by atoms with E-state index >= 15 is 0 Å². The fourth-order valence-corrected chi connectivity index (χ4v) is 3.74. The molecule has 0 radical (unpaired) electrons. The van der Waals surface area contributed by atoms with E-state index in [4.69, 9.17) is 0 Å². The van der Waals surface area contributed by atoms with Crippen molar-refractivity contribution >= 4 is 15.9 Å². The van der Waals surface area contributed by atoms with Crippen molar-refractivity contribution in [1.82, 2.24) is 0 Å². The molecule has 0 aromatic heterocycles. The Morgan fingerprint density at radius 2 is 1.60 bits per heavy atom. The molecule has 1 heteroatoms. The summed E-state index contributed by atoms with van der Waals surface area (Å²) in [5, 5.41) is 0. The first kappa shape index (κ1) is 13.5. The second kappa shape index (κ2) is 5.21. The molecule has 1 aliphatic carbocycles. The quantitative estimate of drug-likeness (QED) is 0.603. The molecule has 0 saturated heterocycles. The standard InChI is InChI=1S/C14H27Br/c1-10(2)13(15)11-8-6-7-9-12(11)14(3,4)5/h10-13H,6-9H2,1-5H3. The van der Waals surface area contributed by atoms with E-state index in [2.05, 4.69) is 50.5 Å². The maximum Gasteiger partial charge on any atom is 0.0199 e. The zero-order valence-electron chi connectivity index (χ0n) is 11.0. The van der Waals surface area contributed by atoms with Gasteiger partial charge >= 0.3 is 0 Å². The van der Waals surface area contributed by atoms with E-state index in [1.165, 1.54) is 25.7 Å². The maximum absolute atomic E-state index is 3.94. The van der Waals surface area contributed by atoms with Crippen molar-refractivity contribution in [3.8, 4) is 0 Å². The highest BCUT2D eigenvalue weighted by Gasteiger charge is 2.38. The van der Waals surface area contributed by atoms with Crippen molar-refractivity contribution in [2.24, 2.45) is 23.2 Å². The molecule has 0 bridgehead atoms. The Bertz CT molecular complexity index is 190. The van der Waals surface area contributed by atoms with Gasteiger partial charge in [-0.1, -0.05) is 63.4 Å².